The number of hydrogen-bond acceptors (Lipinski definition) is 6. The summed E-state index contributed by atoms with van der Waals surface area (Å²) in [6, 6.07) is 0. The molecule has 2 heterocycles. The number of nitrogens with two attached hydrogens (primary N) is 1. The summed E-state index contributed by atoms with van der Waals surface area (Å²) in [5.41, 5.74) is 6.02. The van der Waals surface area contributed by atoms with Gasteiger partial charge in [-0.25, -0.2) is 15.0 Å². The predicted octanol–water partition coefficient (Wildman–Crippen LogP) is 1.87. The Balaban J connectivity index is 2.04. The van der Waals surface area contributed by atoms with Crippen LogP contribution in [0.2, 0.25) is 5.15 Å². The normalized spacial score (nSPS) is 10.5. The summed E-state index contributed by atoms with van der Waals surface area (Å²) in [5, 5.41) is 3.22. The van der Waals surface area contributed by atoms with Crippen molar-refractivity contribution in [2.24, 2.45) is 0 Å². The van der Waals surface area contributed by atoms with Gasteiger partial charge in [-0.1, -0.05) is 18.5 Å². The third-order valence-corrected chi connectivity index (χ3v) is 2.49. The van der Waals surface area contributed by atoms with Crippen molar-refractivity contribution in [2.75, 3.05) is 11.1 Å². The van der Waals surface area contributed by atoms with Crippen molar-refractivity contribution >= 4 is 23.1 Å². The number of hydrogen-bond donors (Lipinski definition) is 2. The Bertz CT molecular complexity index is 513. The minimum absolute atomic E-state index is 0.226. The fourth-order valence-electron chi connectivity index (χ4n) is 1.27. The lowest BCUT2D eigenvalue weighted by Gasteiger charge is -2.06. The molecule has 2 rings (SSSR count). The average Bonchev–Trinajstić information content (AvgIpc) is 2.79. The van der Waals surface area contributed by atoms with Crippen molar-refractivity contribution in [1.29, 1.82) is 0 Å². The number of nitrogens with one attached hydrogen (secondary N) is 1. The van der Waals surface area contributed by atoms with Crippen LogP contribution in [0.4, 0.5) is 11.5 Å². The number of aromatic nitrogens is 3. The Morgan fingerprint density at radius 3 is 2.94 bits per heavy atom. The summed E-state index contributed by atoms with van der Waals surface area (Å²) in [6.45, 7) is 2.40. The van der Waals surface area contributed by atoms with Gasteiger partial charge in [-0.2, -0.15) is 0 Å². The minimum Gasteiger partial charge on any atom is -0.444 e. The molecule has 17 heavy (non-hydrogen) atoms. The van der Waals surface area contributed by atoms with Gasteiger partial charge in [0.15, 0.2) is 11.0 Å². The third kappa shape index (κ3) is 2.65. The monoisotopic (exact) mass is 253 g/mol. The molecule has 0 aliphatic carbocycles. The van der Waals surface area contributed by atoms with E-state index in [1.807, 2.05) is 6.92 Å². The molecule has 0 bridgehead atoms. The van der Waals surface area contributed by atoms with E-state index in [-0.39, 0.29) is 5.15 Å². The maximum atomic E-state index is 5.77. The van der Waals surface area contributed by atoms with E-state index in [9.17, 15) is 0 Å². The lowest BCUT2D eigenvalue weighted by Crippen LogP contribution is -2.05. The number of rotatable bonds is 4. The van der Waals surface area contributed by atoms with Crippen LogP contribution in [0.1, 0.15) is 18.6 Å². The highest BCUT2D eigenvalue weighted by Gasteiger charge is 2.07. The van der Waals surface area contributed by atoms with Gasteiger partial charge in [0.1, 0.15) is 17.8 Å². The van der Waals surface area contributed by atoms with E-state index in [0.717, 1.165) is 12.2 Å². The second-order valence-electron chi connectivity index (χ2n) is 3.35. The Labute approximate surface area is 103 Å². The summed E-state index contributed by atoms with van der Waals surface area (Å²) in [4.78, 5) is 11.8. The Kier molecular flexibility index (Phi) is 3.43. The smallest absolute Gasteiger partial charge is 0.213 e. The van der Waals surface area contributed by atoms with Gasteiger partial charge in [-0.15, -0.1) is 0 Å². The molecule has 0 aliphatic rings. The average molecular weight is 254 g/mol. The molecule has 0 spiro atoms. The number of halogens is 1. The fraction of sp³-hybridized carbons (Fsp3) is 0.300. The minimum atomic E-state index is 0.226. The lowest BCUT2D eigenvalue weighted by atomic mass is 10.4. The Morgan fingerprint density at radius 1 is 1.41 bits per heavy atom. The van der Waals surface area contributed by atoms with E-state index in [0.29, 0.717) is 23.9 Å². The number of nitrogen functional groups attached to an aromatic ring is 1. The standard InChI is InChI=1S/C10H12ClN5O/c1-2-6-3-13-7(17-6)4-14-10-8(12)9(11)15-5-16-10/h3,5H,2,4,12H2,1H3,(H,14,15,16). The predicted molar refractivity (Wildman–Crippen MR) is 64.7 cm³/mol. The van der Waals surface area contributed by atoms with Gasteiger partial charge in [-0.05, 0) is 0 Å². The topological polar surface area (TPSA) is 89.9 Å². The highest BCUT2D eigenvalue weighted by atomic mass is 35.5. The van der Waals surface area contributed by atoms with Crippen LogP contribution in [-0.4, -0.2) is 15.0 Å². The van der Waals surface area contributed by atoms with Crippen LogP contribution in [0.25, 0.3) is 0 Å². The molecule has 0 saturated carbocycles. The molecule has 6 nitrogen and oxygen atoms in total. The van der Waals surface area contributed by atoms with E-state index in [1.54, 1.807) is 6.20 Å². The van der Waals surface area contributed by atoms with E-state index < -0.39 is 0 Å². The van der Waals surface area contributed by atoms with Gasteiger partial charge in [0, 0.05) is 6.42 Å². The van der Waals surface area contributed by atoms with Crippen molar-refractivity contribution < 1.29 is 4.42 Å². The third-order valence-electron chi connectivity index (χ3n) is 2.19. The second kappa shape index (κ2) is 5.01. The first-order valence-corrected chi connectivity index (χ1v) is 5.52. The van der Waals surface area contributed by atoms with E-state index in [2.05, 4.69) is 20.3 Å². The molecule has 0 fully saturated rings. The molecule has 0 aromatic carbocycles. The maximum Gasteiger partial charge on any atom is 0.213 e. The highest BCUT2D eigenvalue weighted by molar-refractivity contribution is 6.32. The van der Waals surface area contributed by atoms with Crippen LogP contribution in [-0.2, 0) is 13.0 Å². The second-order valence-corrected chi connectivity index (χ2v) is 3.71. The van der Waals surface area contributed by atoms with Crippen LogP contribution in [0.15, 0.2) is 16.9 Å². The van der Waals surface area contributed by atoms with Crippen LogP contribution in [0.5, 0.6) is 0 Å². The van der Waals surface area contributed by atoms with Crippen molar-refractivity contribution in [3.63, 3.8) is 0 Å². The molecule has 0 radical (unpaired) electrons. The molecule has 7 heteroatoms. The first-order chi connectivity index (χ1) is 8.20. The van der Waals surface area contributed by atoms with Crippen LogP contribution < -0.4 is 11.1 Å². The summed E-state index contributed by atoms with van der Waals surface area (Å²) >= 11 is 5.77. The van der Waals surface area contributed by atoms with E-state index in [1.165, 1.54) is 6.33 Å². The SMILES string of the molecule is CCc1cnc(CNc2ncnc(Cl)c2N)o1. The molecular formula is C10H12ClN5O. The largest absolute Gasteiger partial charge is 0.444 e. The molecule has 0 unspecified atom stereocenters. The van der Waals surface area contributed by atoms with Crippen LogP contribution in [0.3, 0.4) is 0 Å². The molecule has 2 aromatic rings. The van der Waals surface area contributed by atoms with Crippen molar-refractivity contribution in [1.82, 2.24) is 15.0 Å². The first-order valence-electron chi connectivity index (χ1n) is 5.14. The van der Waals surface area contributed by atoms with Gasteiger partial charge in [-0.3, -0.25) is 0 Å². The lowest BCUT2D eigenvalue weighted by molar-refractivity contribution is 0.465. The van der Waals surface area contributed by atoms with Crippen molar-refractivity contribution in [3.05, 3.63) is 29.3 Å². The van der Waals surface area contributed by atoms with Gasteiger partial charge < -0.3 is 15.5 Å². The molecule has 90 valence electrons. The van der Waals surface area contributed by atoms with E-state index in [4.69, 9.17) is 21.8 Å². The van der Waals surface area contributed by atoms with Crippen LogP contribution >= 0.6 is 11.6 Å². The highest BCUT2D eigenvalue weighted by Crippen LogP contribution is 2.22. The molecule has 2 aromatic heterocycles. The van der Waals surface area contributed by atoms with Gasteiger partial charge >= 0.3 is 0 Å². The zero-order valence-electron chi connectivity index (χ0n) is 9.27. The molecule has 3 N–H and O–H groups in total. The zero-order chi connectivity index (χ0) is 12.3. The summed E-state index contributed by atoms with van der Waals surface area (Å²) in [5.74, 6) is 1.90. The molecule has 0 aliphatic heterocycles. The molecule has 0 atom stereocenters. The quantitative estimate of drug-likeness (QED) is 0.809. The van der Waals surface area contributed by atoms with Gasteiger partial charge in [0.2, 0.25) is 5.89 Å². The zero-order valence-corrected chi connectivity index (χ0v) is 10.0. The number of aryl methyl sites for hydroxylation is 1. The van der Waals surface area contributed by atoms with Crippen LogP contribution in [0, 0.1) is 0 Å². The van der Waals surface area contributed by atoms with Crippen molar-refractivity contribution in [2.45, 2.75) is 19.9 Å². The molecule has 0 amide bonds. The number of nitrogens with zero attached hydrogens (tertiary/aromatic N) is 3. The first kappa shape index (κ1) is 11.7. The number of oxazole rings is 1. The molecular weight excluding hydrogens is 242 g/mol. The van der Waals surface area contributed by atoms with Gasteiger partial charge in [0.05, 0.1) is 12.7 Å². The van der Waals surface area contributed by atoms with Crippen molar-refractivity contribution in [3.8, 4) is 0 Å². The van der Waals surface area contributed by atoms with Gasteiger partial charge in [0.25, 0.3) is 0 Å². The Morgan fingerprint density at radius 2 is 2.24 bits per heavy atom. The number of anilines is 2. The Hall–Kier alpha value is -1.82. The fourth-order valence-corrected chi connectivity index (χ4v) is 1.40. The van der Waals surface area contributed by atoms with E-state index >= 15 is 0 Å². The summed E-state index contributed by atoms with van der Waals surface area (Å²) in [7, 11) is 0. The molecule has 0 saturated heterocycles. The maximum absolute atomic E-state index is 5.77. The summed E-state index contributed by atoms with van der Waals surface area (Å²) < 4.78 is 5.43. The summed E-state index contributed by atoms with van der Waals surface area (Å²) in [6.07, 6.45) is 3.86.